The first-order chi connectivity index (χ1) is 12.2. The van der Waals surface area contributed by atoms with E-state index in [1.54, 1.807) is 6.21 Å². The largest absolute Gasteiger partial charge is 0.370 e. The maximum absolute atomic E-state index is 12.5. The van der Waals surface area contributed by atoms with Gasteiger partial charge in [0.2, 0.25) is 5.91 Å². The monoisotopic (exact) mass is 336 g/mol. The van der Waals surface area contributed by atoms with Crippen LogP contribution < -0.4 is 5.43 Å². The lowest BCUT2D eigenvalue weighted by Gasteiger charge is -2.17. The molecule has 0 radical (unpaired) electrons. The molecule has 0 bridgehead atoms. The first-order valence-corrected chi connectivity index (χ1v) is 8.75. The SMILES string of the molecule is CCO[C@@]1(c2ccccc2)C[C@H]1C(=O)N/N=C\[C@H](C)c1ccccc1. The van der Waals surface area contributed by atoms with Crippen LogP contribution in [0.25, 0.3) is 0 Å². The molecule has 2 aromatic rings. The lowest BCUT2D eigenvalue weighted by Crippen LogP contribution is -2.26. The normalized spacial score (nSPS) is 23.4. The maximum Gasteiger partial charge on any atom is 0.246 e. The zero-order chi connectivity index (χ0) is 17.7. The quantitative estimate of drug-likeness (QED) is 0.617. The van der Waals surface area contributed by atoms with Crippen molar-refractivity contribution < 1.29 is 9.53 Å². The van der Waals surface area contributed by atoms with Crippen LogP contribution in [-0.2, 0) is 15.1 Å². The Labute approximate surface area is 148 Å². The first kappa shape index (κ1) is 17.4. The summed E-state index contributed by atoms with van der Waals surface area (Å²) in [5.74, 6) is -0.140. The van der Waals surface area contributed by atoms with Gasteiger partial charge in [0.1, 0.15) is 5.60 Å². The molecule has 1 aliphatic carbocycles. The van der Waals surface area contributed by atoms with Crippen LogP contribution in [0.4, 0.5) is 0 Å². The van der Waals surface area contributed by atoms with Crippen LogP contribution in [0.15, 0.2) is 65.8 Å². The van der Waals surface area contributed by atoms with Gasteiger partial charge < -0.3 is 4.74 Å². The van der Waals surface area contributed by atoms with E-state index in [0.717, 1.165) is 5.56 Å². The number of hydrazone groups is 1. The van der Waals surface area contributed by atoms with Crippen LogP contribution >= 0.6 is 0 Å². The highest BCUT2D eigenvalue weighted by Gasteiger charge is 2.60. The molecule has 4 nitrogen and oxygen atoms in total. The third kappa shape index (κ3) is 3.80. The number of nitrogens with zero attached hydrogens (tertiary/aromatic N) is 1. The number of ether oxygens (including phenoxy) is 1. The third-order valence-corrected chi connectivity index (χ3v) is 4.69. The Kier molecular flexibility index (Phi) is 5.29. The van der Waals surface area contributed by atoms with Gasteiger partial charge in [0.15, 0.2) is 0 Å². The predicted molar refractivity (Wildman–Crippen MR) is 99.3 cm³/mol. The molecule has 0 aliphatic heterocycles. The fourth-order valence-electron chi connectivity index (χ4n) is 3.22. The van der Waals surface area contributed by atoms with E-state index in [1.807, 2.05) is 55.5 Å². The fourth-order valence-corrected chi connectivity index (χ4v) is 3.22. The summed E-state index contributed by atoms with van der Waals surface area (Å²) in [6, 6.07) is 20.0. The molecule has 0 saturated heterocycles. The van der Waals surface area contributed by atoms with E-state index in [2.05, 4.69) is 29.6 Å². The number of rotatable bonds is 7. The molecule has 130 valence electrons. The van der Waals surface area contributed by atoms with Crippen molar-refractivity contribution in [3.63, 3.8) is 0 Å². The van der Waals surface area contributed by atoms with Crippen molar-refractivity contribution in [2.75, 3.05) is 6.61 Å². The molecule has 0 aromatic heterocycles. The summed E-state index contributed by atoms with van der Waals surface area (Å²) in [4.78, 5) is 12.5. The Balaban J connectivity index is 1.61. The average molecular weight is 336 g/mol. The summed E-state index contributed by atoms with van der Waals surface area (Å²) in [5.41, 5.74) is 4.40. The molecule has 1 fully saturated rings. The van der Waals surface area contributed by atoms with E-state index in [-0.39, 0.29) is 17.7 Å². The van der Waals surface area contributed by atoms with Crippen molar-refractivity contribution in [1.29, 1.82) is 0 Å². The number of benzene rings is 2. The van der Waals surface area contributed by atoms with Gasteiger partial charge in [0.05, 0.1) is 5.92 Å². The number of hydrogen-bond acceptors (Lipinski definition) is 3. The smallest absolute Gasteiger partial charge is 0.246 e. The standard InChI is InChI=1S/C21H24N2O2/c1-3-25-21(18-12-8-5-9-13-18)14-19(21)20(24)23-22-15-16(2)17-10-6-4-7-11-17/h4-13,15-16,19H,3,14H2,1-2H3,(H,23,24)/b22-15-/t16-,19-,21+/m0/s1. The van der Waals surface area contributed by atoms with Gasteiger partial charge in [-0.15, -0.1) is 0 Å². The van der Waals surface area contributed by atoms with Gasteiger partial charge in [-0.3, -0.25) is 4.79 Å². The average Bonchev–Trinajstić information content (AvgIpc) is 3.39. The van der Waals surface area contributed by atoms with Crippen LogP contribution in [0.3, 0.4) is 0 Å². The number of carbonyl (C=O) groups is 1. The zero-order valence-electron chi connectivity index (χ0n) is 14.7. The summed E-state index contributed by atoms with van der Waals surface area (Å²) in [5, 5.41) is 4.15. The summed E-state index contributed by atoms with van der Waals surface area (Å²) >= 11 is 0. The first-order valence-electron chi connectivity index (χ1n) is 8.75. The highest BCUT2D eigenvalue weighted by atomic mass is 16.5. The van der Waals surface area contributed by atoms with E-state index in [9.17, 15) is 4.79 Å². The molecule has 3 rings (SSSR count). The number of nitrogens with one attached hydrogen (secondary N) is 1. The van der Waals surface area contributed by atoms with E-state index in [0.29, 0.717) is 13.0 Å². The van der Waals surface area contributed by atoms with E-state index < -0.39 is 5.60 Å². The number of amides is 1. The molecular formula is C21H24N2O2. The summed E-state index contributed by atoms with van der Waals surface area (Å²) < 4.78 is 5.94. The molecular weight excluding hydrogens is 312 g/mol. The van der Waals surface area contributed by atoms with Crippen molar-refractivity contribution in [2.24, 2.45) is 11.0 Å². The molecule has 0 unspecified atom stereocenters. The minimum absolute atomic E-state index is 0.0891. The molecule has 1 saturated carbocycles. The minimum Gasteiger partial charge on any atom is -0.370 e. The molecule has 3 atom stereocenters. The van der Waals surface area contributed by atoms with E-state index in [1.165, 1.54) is 5.56 Å². The molecule has 0 spiro atoms. The van der Waals surface area contributed by atoms with Gasteiger partial charge in [0.25, 0.3) is 0 Å². The van der Waals surface area contributed by atoms with Crippen LogP contribution in [0.2, 0.25) is 0 Å². The highest BCUT2D eigenvalue weighted by molar-refractivity contribution is 5.84. The molecule has 4 heteroatoms. The third-order valence-electron chi connectivity index (χ3n) is 4.69. The van der Waals surface area contributed by atoms with Gasteiger partial charge >= 0.3 is 0 Å². The lowest BCUT2D eigenvalue weighted by atomic mass is 10.0. The predicted octanol–water partition coefficient (Wildman–Crippen LogP) is 3.84. The topological polar surface area (TPSA) is 50.7 Å². The second-order valence-corrected chi connectivity index (χ2v) is 6.40. The van der Waals surface area contributed by atoms with Gasteiger partial charge in [-0.2, -0.15) is 5.10 Å². The van der Waals surface area contributed by atoms with E-state index >= 15 is 0 Å². The van der Waals surface area contributed by atoms with Crippen LogP contribution in [0.1, 0.15) is 37.3 Å². The summed E-state index contributed by atoms with van der Waals surface area (Å²) in [7, 11) is 0. The van der Waals surface area contributed by atoms with Gasteiger partial charge in [-0.25, -0.2) is 5.43 Å². The van der Waals surface area contributed by atoms with Crippen molar-refractivity contribution in [3.8, 4) is 0 Å². The van der Waals surface area contributed by atoms with Crippen LogP contribution in [-0.4, -0.2) is 18.7 Å². The number of carbonyl (C=O) groups excluding carboxylic acids is 1. The zero-order valence-corrected chi connectivity index (χ0v) is 14.7. The second-order valence-electron chi connectivity index (χ2n) is 6.40. The van der Waals surface area contributed by atoms with Gasteiger partial charge in [-0.1, -0.05) is 67.6 Å². The number of hydrogen-bond donors (Lipinski definition) is 1. The van der Waals surface area contributed by atoms with Crippen LogP contribution in [0.5, 0.6) is 0 Å². The van der Waals surface area contributed by atoms with Crippen LogP contribution in [0, 0.1) is 5.92 Å². The molecule has 2 aromatic carbocycles. The Hall–Kier alpha value is -2.46. The molecule has 1 aliphatic rings. The van der Waals surface area contributed by atoms with Crippen molar-refractivity contribution >= 4 is 12.1 Å². The Bertz CT molecular complexity index is 730. The van der Waals surface area contributed by atoms with Crippen molar-refractivity contribution in [3.05, 3.63) is 71.8 Å². The van der Waals surface area contributed by atoms with Crippen molar-refractivity contribution in [2.45, 2.75) is 31.8 Å². The maximum atomic E-state index is 12.5. The lowest BCUT2D eigenvalue weighted by molar-refractivity contribution is -0.124. The summed E-state index contributed by atoms with van der Waals surface area (Å²) in [6.45, 7) is 4.58. The van der Waals surface area contributed by atoms with Crippen molar-refractivity contribution in [1.82, 2.24) is 5.43 Å². The molecule has 25 heavy (non-hydrogen) atoms. The Morgan fingerprint density at radius 1 is 1.24 bits per heavy atom. The highest BCUT2D eigenvalue weighted by Crippen LogP contribution is 2.55. The second kappa shape index (κ2) is 7.62. The molecule has 1 N–H and O–H groups in total. The molecule has 1 amide bonds. The molecule has 0 heterocycles. The summed E-state index contributed by atoms with van der Waals surface area (Å²) in [6.07, 6.45) is 2.46. The Morgan fingerprint density at radius 3 is 2.52 bits per heavy atom. The van der Waals surface area contributed by atoms with Gasteiger partial charge in [-0.05, 0) is 24.5 Å². The fraction of sp³-hybridized carbons (Fsp3) is 0.333. The van der Waals surface area contributed by atoms with E-state index in [4.69, 9.17) is 4.74 Å². The minimum atomic E-state index is -0.499. The van der Waals surface area contributed by atoms with Gasteiger partial charge in [0, 0.05) is 18.7 Å². The Morgan fingerprint density at radius 2 is 1.88 bits per heavy atom.